The van der Waals surface area contributed by atoms with Crippen LogP contribution in [0.25, 0.3) is 0 Å². The monoisotopic (exact) mass is 418 g/mol. The van der Waals surface area contributed by atoms with Crippen LogP contribution in [0.5, 0.6) is 5.75 Å². The predicted molar refractivity (Wildman–Crippen MR) is 118 cm³/mol. The van der Waals surface area contributed by atoms with Gasteiger partial charge in [-0.15, -0.1) is 0 Å². The van der Waals surface area contributed by atoms with Crippen LogP contribution in [0.3, 0.4) is 0 Å². The van der Waals surface area contributed by atoms with Gasteiger partial charge in [0.05, 0.1) is 6.42 Å². The maximum absolute atomic E-state index is 12.1. The molecule has 0 amide bonds. The van der Waals surface area contributed by atoms with E-state index < -0.39 is 12.1 Å². The molecule has 1 aromatic carbocycles. The van der Waals surface area contributed by atoms with Crippen molar-refractivity contribution in [2.45, 2.75) is 58.3 Å². The van der Waals surface area contributed by atoms with E-state index in [1.54, 1.807) is 6.07 Å². The summed E-state index contributed by atoms with van der Waals surface area (Å²) in [5, 5.41) is 0. The van der Waals surface area contributed by atoms with Gasteiger partial charge in [0.15, 0.2) is 0 Å². The summed E-state index contributed by atoms with van der Waals surface area (Å²) in [4.78, 5) is 26.4. The molecule has 1 aromatic rings. The molecule has 30 heavy (non-hydrogen) atoms. The van der Waals surface area contributed by atoms with Crippen molar-refractivity contribution in [3.05, 3.63) is 29.8 Å². The third kappa shape index (κ3) is 8.07. The molecule has 6 nitrogen and oxygen atoms in total. The van der Waals surface area contributed by atoms with E-state index in [4.69, 9.17) is 15.2 Å². The average molecular weight is 419 g/mol. The minimum absolute atomic E-state index is 0.00793. The van der Waals surface area contributed by atoms with E-state index in [1.165, 1.54) is 24.8 Å². The van der Waals surface area contributed by atoms with Crippen LogP contribution in [0.15, 0.2) is 24.3 Å². The maximum atomic E-state index is 12.1. The molecule has 3 unspecified atom stereocenters. The largest absolute Gasteiger partial charge is 0.521 e. The van der Waals surface area contributed by atoms with Crippen molar-refractivity contribution in [3.8, 4) is 5.75 Å². The van der Waals surface area contributed by atoms with Crippen molar-refractivity contribution in [2.24, 2.45) is 23.5 Å². The van der Waals surface area contributed by atoms with Crippen LogP contribution < -0.4 is 10.5 Å². The highest BCUT2D eigenvalue weighted by atomic mass is 16.7. The molecule has 0 spiro atoms. The van der Waals surface area contributed by atoms with Gasteiger partial charge in [-0.05, 0) is 81.3 Å². The number of hydrogen-bond acceptors (Lipinski definition) is 6. The Morgan fingerprint density at radius 3 is 2.60 bits per heavy atom. The number of esters is 1. The summed E-state index contributed by atoms with van der Waals surface area (Å²) in [6.07, 6.45) is 4.79. The zero-order valence-electron chi connectivity index (χ0n) is 18.9. The molecule has 168 valence electrons. The highest BCUT2D eigenvalue weighted by Crippen LogP contribution is 2.39. The molecule has 1 fully saturated rings. The first-order chi connectivity index (χ1) is 14.3. The summed E-state index contributed by atoms with van der Waals surface area (Å²) in [7, 11) is 4.21. The number of ether oxygens (including phenoxy) is 2. The molecule has 1 saturated carbocycles. The third-order valence-electron chi connectivity index (χ3n) is 5.79. The Morgan fingerprint density at radius 1 is 1.20 bits per heavy atom. The van der Waals surface area contributed by atoms with Crippen molar-refractivity contribution < 1.29 is 19.1 Å². The Morgan fingerprint density at radius 2 is 1.93 bits per heavy atom. The lowest BCUT2D eigenvalue weighted by Gasteiger charge is -2.34. The zero-order valence-corrected chi connectivity index (χ0v) is 18.9. The van der Waals surface area contributed by atoms with Crippen molar-refractivity contribution >= 4 is 12.1 Å². The Bertz CT molecular complexity index is 690. The number of carbonyl (C=O) groups is 2. The van der Waals surface area contributed by atoms with Gasteiger partial charge in [-0.1, -0.05) is 38.8 Å². The van der Waals surface area contributed by atoms with Crippen molar-refractivity contribution in [2.75, 3.05) is 27.2 Å². The number of nitrogens with two attached hydrogens (primary N) is 1. The fourth-order valence-corrected chi connectivity index (χ4v) is 4.56. The van der Waals surface area contributed by atoms with Gasteiger partial charge in [0, 0.05) is 6.54 Å². The van der Waals surface area contributed by atoms with Gasteiger partial charge >= 0.3 is 12.1 Å². The van der Waals surface area contributed by atoms with Crippen molar-refractivity contribution in [1.82, 2.24) is 4.90 Å². The van der Waals surface area contributed by atoms with Gasteiger partial charge in [-0.3, -0.25) is 4.79 Å². The first-order valence-electron chi connectivity index (χ1n) is 11.2. The van der Waals surface area contributed by atoms with Crippen molar-refractivity contribution in [1.29, 1.82) is 0 Å². The average Bonchev–Trinajstić information content (AvgIpc) is 2.67. The number of rotatable bonds is 9. The first-order valence-corrected chi connectivity index (χ1v) is 11.2. The van der Waals surface area contributed by atoms with Crippen LogP contribution in [0.4, 0.5) is 4.79 Å². The summed E-state index contributed by atoms with van der Waals surface area (Å²) in [6, 6.07) is 7.63. The number of carbonyl (C=O) groups excluding carboxylic acids is 2. The topological polar surface area (TPSA) is 81.9 Å². The smallest absolute Gasteiger partial charge is 0.395 e. The summed E-state index contributed by atoms with van der Waals surface area (Å²) in [5.74, 6) is 1.30. The minimum atomic E-state index is -0.981. The Kier molecular flexibility index (Phi) is 9.79. The second-order valence-electron chi connectivity index (χ2n) is 9.25. The molecule has 2 N–H and O–H groups in total. The minimum Gasteiger partial charge on any atom is -0.395 e. The lowest BCUT2D eigenvalue weighted by molar-refractivity contribution is -0.139. The predicted octanol–water partition coefficient (Wildman–Crippen LogP) is 4.58. The van der Waals surface area contributed by atoms with E-state index in [1.807, 2.05) is 12.1 Å². The molecular weight excluding hydrogens is 380 g/mol. The van der Waals surface area contributed by atoms with Gasteiger partial charge in [0.2, 0.25) is 0 Å². The van der Waals surface area contributed by atoms with Crippen molar-refractivity contribution in [3.63, 3.8) is 0 Å². The highest BCUT2D eigenvalue weighted by molar-refractivity contribution is 5.82. The Balaban J connectivity index is 1.95. The van der Waals surface area contributed by atoms with E-state index in [-0.39, 0.29) is 12.3 Å². The van der Waals surface area contributed by atoms with Gasteiger partial charge < -0.3 is 20.1 Å². The number of nitrogens with zero attached hydrogens (tertiary/aromatic N) is 1. The Hall–Kier alpha value is -1.92. The summed E-state index contributed by atoms with van der Waals surface area (Å²) >= 11 is 0. The quantitative estimate of drug-likeness (QED) is 0.359. The maximum Gasteiger partial charge on any atom is 0.521 e. The molecule has 1 aliphatic rings. The van der Waals surface area contributed by atoms with Crippen LogP contribution in [0.2, 0.25) is 0 Å². The summed E-state index contributed by atoms with van der Waals surface area (Å²) < 4.78 is 10.2. The molecule has 0 heterocycles. The number of benzene rings is 1. The van der Waals surface area contributed by atoms with Gasteiger partial charge in [-0.25, -0.2) is 4.79 Å². The van der Waals surface area contributed by atoms with E-state index in [0.717, 1.165) is 19.4 Å². The van der Waals surface area contributed by atoms with Crippen LogP contribution in [-0.2, 0) is 9.53 Å². The SMILES string of the molecule is CC(C)CC(CN)CC(=O)OC(=O)Oc1cccc(C2CCCCC2CN(C)C)c1. The third-order valence-corrected chi connectivity index (χ3v) is 5.79. The zero-order chi connectivity index (χ0) is 22.1. The molecule has 0 aliphatic heterocycles. The Labute approximate surface area is 181 Å². The molecule has 3 atom stereocenters. The molecule has 0 saturated heterocycles. The van der Waals surface area contributed by atoms with Gasteiger partial charge in [0.1, 0.15) is 5.75 Å². The van der Waals surface area contributed by atoms with Crippen LogP contribution >= 0.6 is 0 Å². The molecule has 0 bridgehead atoms. The van der Waals surface area contributed by atoms with Crippen LogP contribution in [-0.4, -0.2) is 44.2 Å². The molecule has 0 radical (unpaired) electrons. The molecule has 1 aliphatic carbocycles. The fraction of sp³-hybridized carbons (Fsp3) is 0.667. The lowest BCUT2D eigenvalue weighted by atomic mass is 9.75. The lowest BCUT2D eigenvalue weighted by Crippen LogP contribution is -2.29. The van der Waals surface area contributed by atoms with Crippen LogP contribution in [0.1, 0.15) is 63.9 Å². The molecule has 0 aromatic heterocycles. The molecular formula is C24H38N2O4. The van der Waals surface area contributed by atoms with E-state index in [9.17, 15) is 9.59 Å². The standard InChI is InChI=1S/C24H38N2O4/c1-17(2)12-18(15-25)13-23(27)30-24(28)29-21-10-7-9-19(14-21)22-11-6-5-8-20(22)16-26(3)4/h7,9-10,14,17-18,20,22H,5-6,8,11-13,15-16,25H2,1-4H3. The van der Waals surface area contributed by atoms with E-state index >= 15 is 0 Å². The fourth-order valence-electron chi connectivity index (χ4n) is 4.56. The first kappa shape index (κ1) is 24.4. The van der Waals surface area contributed by atoms with E-state index in [0.29, 0.717) is 30.0 Å². The normalized spacial score (nSPS) is 20.2. The van der Waals surface area contributed by atoms with Gasteiger partial charge in [0.25, 0.3) is 0 Å². The van der Waals surface area contributed by atoms with Gasteiger partial charge in [-0.2, -0.15) is 0 Å². The molecule has 6 heteroatoms. The van der Waals surface area contributed by atoms with Crippen LogP contribution in [0, 0.1) is 17.8 Å². The molecule has 2 rings (SSSR count). The second-order valence-corrected chi connectivity index (χ2v) is 9.25. The summed E-state index contributed by atoms with van der Waals surface area (Å²) in [5.41, 5.74) is 6.90. The van der Waals surface area contributed by atoms with E-state index in [2.05, 4.69) is 38.9 Å². The number of hydrogen-bond donors (Lipinski definition) is 1. The second kappa shape index (κ2) is 12.1. The summed E-state index contributed by atoms with van der Waals surface area (Å²) in [6.45, 7) is 5.58. The highest BCUT2D eigenvalue weighted by Gasteiger charge is 2.27.